The number of ether oxygens (including phenoxy) is 1. The molecule has 0 radical (unpaired) electrons. The van der Waals surface area contributed by atoms with Crippen molar-refractivity contribution in [3.05, 3.63) is 52.5 Å². The standard InChI is InChI=1S/C15H16ClNO3S/c1-10-4-7-14(11(2)8-10)17-21(18,19)12-5-6-13(16)15(9-12)20-3/h4-9,17H,1-3H3. The van der Waals surface area contributed by atoms with E-state index in [1.54, 1.807) is 6.07 Å². The van der Waals surface area contributed by atoms with Crippen molar-refractivity contribution in [2.45, 2.75) is 18.7 Å². The van der Waals surface area contributed by atoms with Gasteiger partial charge in [0.05, 0.1) is 22.7 Å². The van der Waals surface area contributed by atoms with Gasteiger partial charge in [0.25, 0.3) is 10.0 Å². The van der Waals surface area contributed by atoms with Gasteiger partial charge < -0.3 is 4.74 Å². The molecule has 2 aromatic carbocycles. The lowest BCUT2D eigenvalue weighted by Gasteiger charge is -2.12. The van der Waals surface area contributed by atoms with Gasteiger partial charge in [-0.15, -0.1) is 0 Å². The zero-order valence-electron chi connectivity index (χ0n) is 12.0. The number of anilines is 1. The van der Waals surface area contributed by atoms with E-state index in [0.717, 1.165) is 11.1 Å². The van der Waals surface area contributed by atoms with E-state index in [1.165, 1.54) is 25.3 Å². The average molecular weight is 326 g/mol. The Morgan fingerprint density at radius 1 is 1.10 bits per heavy atom. The van der Waals surface area contributed by atoms with Gasteiger partial charge in [-0.1, -0.05) is 29.3 Å². The first kappa shape index (κ1) is 15.7. The molecule has 2 aromatic rings. The minimum Gasteiger partial charge on any atom is -0.495 e. The lowest BCUT2D eigenvalue weighted by Crippen LogP contribution is -2.14. The van der Waals surface area contributed by atoms with Gasteiger partial charge in [0.1, 0.15) is 5.75 Å². The lowest BCUT2D eigenvalue weighted by molar-refractivity contribution is 0.413. The Bertz CT molecular complexity index is 772. The molecule has 1 N–H and O–H groups in total. The number of benzene rings is 2. The first-order valence-electron chi connectivity index (χ1n) is 6.27. The van der Waals surface area contributed by atoms with Gasteiger partial charge in [0, 0.05) is 6.07 Å². The summed E-state index contributed by atoms with van der Waals surface area (Å²) in [5.41, 5.74) is 2.48. The van der Waals surface area contributed by atoms with E-state index < -0.39 is 10.0 Å². The molecule has 112 valence electrons. The van der Waals surface area contributed by atoms with Crippen LogP contribution in [0, 0.1) is 13.8 Å². The van der Waals surface area contributed by atoms with Crippen molar-refractivity contribution in [1.82, 2.24) is 0 Å². The molecule has 0 aliphatic heterocycles. The molecule has 0 unspecified atom stereocenters. The monoisotopic (exact) mass is 325 g/mol. The van der Waals surface area contributed by atoms with Crippen LogP contribution in [0.25, 0.3) is 0 Å². The van der Waals surface area contributed by atoms with Crippen LogP contribution in [0.5, 0.6) is 5.75 Å². The van der Waals surface area contributed by atoms with Crippen molar-refractivity contribution in [3.63, 3.8) is 0 Å². The van der Waals surface area contributed by atoms with Crippen LogP contribution in [-0.4, -0.2) is 15.5 Å². The minimum atomic E-state index is -3.69. The number of halogens is 1. The molecule has 0 aliphatic rings. The largest absolute Gasteiger partial charge is 0.495 e. The van der Waals surface area contributed by atoms with Gasteiger partial charge in [0.2, 0.25) is 0 Å². The van der Waals surface area contributed by atoms with E-state index in [1.807, 2.05) is 26.0 Å². The maximum absolute atomic E-state index is 12.4. The summed E-state index contributed by atoms with van der Waals surface area (Å²) < 4.78 is 32.4. The number of methoxy groups -OCH3 is 1. The molecule has 2 rings (SSSR count). The molecule has 6 heteroatoms. The predicted molar refractivity (Wildman–Crippen MR) is 84.7 cm³/mol. The number of sulfonamides is 1. The Morgan fingerprint density at radius 3 is 2.43 bits per heavy atom. The summed E-state index contributed by atoms with van der Waals surface area (Å²) in [4.78, 5) is 0.101. The number of rotatable bonds is 4. The molecule has 0 saturated heterocycles. The van der Waals surface area contributed by atoms with Gasteiger partial charge in [-0.25, -0.2) is 8.42 Å². The second kappa shape index (κ2) is 5.95. The third-order valence-corrected chi connectivity index (χ3v) is 4.73. The van der Waals surface area contributed by atoms with Gasteiger partial charge in [0.15, 0.2) is 0 Å². The smallest absolute Gasteiger partial charge is 0.262 e. The average Bonchev–Trinajstić information content (AvgIpc) is 2.42. The highest BCUT2D eigenvalue weighted by molar-refractivity contribution is 7.92. The maximum Gasteiger partial charge on any atom is 0.262 e. The highest BCUT2D eigenvalue weighted by Gasteiger charge is 2.17. The molecule has 0 saturated carbocycles. The van der Waals surface area contributed by atoms with Gasteiger partial charge >= 0.3 is 0 Å². The van der Waals surface area contributed by atoms with Crippen LogP contribution in [0.1, 0.15) is 11.1 Å². The van der Waals surface area contributed by atoms with E-state index in [0.29, 0.717) is 16.5 Å². The number of nitrogens with one attached hydrogen (secondary N) is 1. The molecular formula is C15H16ClNO3S. The highest BCUT2D eigenvalue weighted by atomic mass is 35.5. The Hall–Kier alpha value is -1.72. The van der Waals surface area contributed by atoms with Gasteiger partial charge in [-0.05, 0) is 37.6 Å². The zero-order valence-corrected chi connectivity index (χ0v) is 13.5. The maximum atomic E-state index is 12.4. The molecule has 0 aromatic heterocycles. The van der Waals surface area contributed by atoms with Crippen molar-refractivity contribution >= 4 is 27.3 Å². The quantitative estimate of drug-likeness (QED) is 0.931. The van der Waals surface area contributed by atoms with E-state index >= 15 is 0 Å². The topological polar surface area (TPSA) is 55.4 Å². The summed E-state index contributed by atoms with van der Waals surface area (Å²) in [6, 6.07) is 9.85. The van der Waals surface area contributed by atoms with E-state index in [-0.39, 0.29) is 4.90 Å². The molecule has 21 heavy (non-hydrogen) atoms. The molecule has 0 bridgehead atoms. The van der Waals surface area contributed by atoms with Crippen molar-refractivity contribution in [3.8, 4) is 5.75 Å². The van der Waals surface area contributed by atoms with Crippen LogP contribution >= 0.6 is 11.6 Å². The second-order valence-corrected chi connectivity index (χ2v) is 6.81. The fourth-order valence-electron chi connectivity index (χ4n) is 1.94. The minimum absolute atomic E-state index is 0.101. The van der Waals surface area contributed by atoms with Gasteiger partial charge in [-0.3, -0.25) is 4.72 Å². The number of hydrogen-bond donors (Lipinski definition) is 1. The summed E-state index contributed by atoms with van der Waals surface area (Å²) >= 11 is 5.91. The van der Waals surface area contributed by atoms with Crippen LogP contribution < -0.4 is 9.46 Å². The van der Waals surface area contributed by atoms with E-state index in [4.69, 9.17) is 16.3 Å². The highest BCUT2D eigenvalue weighted by Crippen LogP contribution is 2.28. The Morgan fingerprint density at radius 2 is 1.81 bits per heavy atom. The molecule has 0 spiro atoms. The van der Waals surface area contributed by atoms with Crippen molar-refractivity contribution in [1.29, 1.82) is 0 Å². The van der Waals surface area contributed by atoms with Crippen LogP contribution in [0.3, 0.4) is 0 Å². The Kier molecular flexibility index (Phi) is 4.44. The van der Waals surface area contributed by atoms with Crippen LogP contribution in [0.2, 0.25) is 5.02 Å². The molecular weight excluding hydrogens is 310 g/mol. The third-order valence-electron chi connectivity index (χ3n) is 3.06. The van der Waals surface area contributed by atoms with Crippen molar-refractivity contribution < 1.29 is 13.2 Å². The molecule has 4 nitrogen and oxygen atoms in total. The van der Waals surface area contributed by atoms with Gasteiger partial charge in [-0.2, -0.15) is 0 Å². The van der Waals surface area contributed by atoms with E-state index in [9.17, 15) is 8.42 Å². The Balaban J connectivity index is 2.38. The predicted octanol–water partition coefficient (Wildman–Crippen LogP) is 3.77. The van der Waals surface area contributed by atoms with Crippen molar-refractivity contribution in [2.24, 2.45) is 0 Å². The fourth-order valence-corrected chi connectivity index (χ4v) is 3.28. The number of aryl methyl sites for hydroxylation is 2. The molecule has 0 aliphatic carbocycles. The number of hydrogen-bond acceptors (Lipinski definition) is 3. The zero-order chi connectivity index (χ0) is 15.6. The first-order chi connectivity index (χ1) is 9.83. The molecule has 0 atom stereocenters. The van der Waals surface area contributed by atoms with Crippen LogP contribution in [0.15, 0.2) is 41.3 Å². The molecule has 0 heterocycles. The summed E-state index contributed by atoms with van der Waals surface area (Å²) in [6.45, 7) is 3.81. The Labute approximate surface area is 129 Å². The normalized spacial score (nSPS) is 11.2. The molecule has 0 fully saturated rings. The summed E-state index contributed by atoms with van der Waals surface area (Å²) in [6.07, 6.45) is 0. The SMILES string of the molecule is COc1cc(S(=O)(=O)Nc2ccc(C)cc2C)ccc1Cl. The lowest BCUT2D eigenvalue weighted by atomic mass is 10.1. The van der Waals surface area contributed by atoms with E-state index in [2.05, 4.69) is 4.72 Å². The van der Waals surface area contributed by atoms with Crippen LogP contribution in [0.4, 0.5) is 5.69 Å². The fraction of sp³-hybridized carbons (Fsp3) is 0.200. The van der Waals surface area contributed by atoms with Crippen LogP contribution in [-0.2, 0) is 10.0 Å². The molecule has 0 amide bonds. The summed E-state index contributed by atoms with van der Waals surface area (Å²) in [7, 11) is -2.25. The first-order valence-corrected chi connectivity index (χ1v) is 8.13. The summed E-state index contributed by atoms with van der Waals surface area (Å²) in [5.74, 6) is 0.320. The third kappa shape index (κ3) is 3.49. The summed E-state index contributed by atoms with van der Waals surface area (Å²) in [5, 5.41) is 0.364. The second-order valence-electron chi connectivity index (χ2n) is 4.72. The van der Waals surface area contributed by atoms with Crippen molar-refractivity contribution in [2.75, 3.05) is 11.8 Å².